The molecule has 120 valence electrons. The van der Waals surface area contributed by atoms with Crippen LogP contribution in [0.1, 0.15) is 6.92 Å². The number of benzene rings is 2. The van der Waals surface area contributed by atoms with E-state index in [0.29, 0.717) is 4.90 Å². The van der Waals surface area contributed by atoms with E-state index in [1.54, 1.807) is 18.3 Å². The molecule has 4 nitrogen and oxygen atoms in total. The minimum atomic E-state index is -0.296. The lowest BCUT2D eigenvalue weighted by atomic mass is 10.00. The average Bonchev–Trinajstić information content (AvgIpc) is 3.02. The molecule has 6 heteroatoms. The highest BCUT2D eigenvalue weighted by Gasteiger charge is 2.16. The average molecular weight is 339 g/mol. The van der Waals surface area contributed by atoms with Gasteiger partial charge in [0.15, 0.2) is 0 Å². The van der Waals surface area contributed by atoms with Crippen LogP contribution in [-0.4, -0.2) is 20.9 Å². The number of hydrogen-bond donors (Lipinski definition) is 2. The number of halogens is 1. The Morgan fingerprint density at radius 2 is 1.96 bits per heavy atom. The molecule has 0 unspecified atom stereocenters. The second-order valence-corrected chi connectivity index (χ2v) is 6.73. The van der Waals surface area contributed by atoms with Crippen LogP contribution in [0, 0.1) is 5.82 Å². The predicted molar refractivity (Wildman–Crippen MR) is 96.0 cm³/mol. The van der Waals surface area contributed by atoms with Crippen LogP contribution < -0.4 is 5.56 Å². The van der Waals surface area contributed by atoms with Gasteiger partial charge in [-0.3, -0.25) is 9.89 Å². The number of H-pyrrole nitrogens is 2. The molecule has 4 aromatic rings. The van der Waals surface area contributed by atoms with E-state index in [1.165, 1.54) is 23.9 Å². The first-order valence-electron chi connectivity index (χ1n) is 7.59. The van der Waals surface area contributed by atoms with Gasteiger partial charge in [0.2, 0.25) is 0 Å². The van der Waals surface area contributed by atoms with Crippen molar-refractivity contribution in [2.75, 3.05) is 5.75 Å². The third-order valence-electron chi connectivity index (χ3n) is 3.95. The van der Waals surface area contributed by atoms with Crippen molar-refractivity contribution in [3.63, 3.8) is 0 Å². The molecule has 2 heterocycles. The van der Waals surface area contributed by atoms with Crippen LogP contribution in [0.3, 0.4) is 0 Å². The zero-order valence-electron chi connectivity index (χ0n) is 12.9. The number of hydrogen-bond acceptors (Lipinski definition) is 3. The lowest BCUT2D eigenvalue weighted by molar-refractivity contribution is 0.628. The van der Waals surface area contributed by atoms with Gasteiger partial charge in [-0.05, 0) is 35.6 Å². The number of nitrogens with zero attached hydrogens (tertiary/aromatic N) is 1. The largest absolute Gasteiger partial charge is 0.321 e. The van der Waals surface area contributed by atoms with Gasteiger partial charge in [-0.25, -0.2) is 4.39 Å². The molecule has 0 bridgehead atoms. The van der Waals surface area contributed by atoms with Crippen LogP contribution in [0.25, 0.3) is 32.9 Å². The zero-order chi connectivity index (χ0) is 16.7. The molecule has 4 rings (SSSR count). The highest BCUT2D eigenvalue weighted by Crippen LogP contribution is 2.35. The Hall–Kier alpha value is -2.60. The van der Waals surface area contributed by atoms with Crippen molar-refractivity contribution in [2.45, 2.75) is 11.8 Å². The van der Waals surface area contributed by atoms with Gasteiger partial charge in [0, 0.05) is 16.3 Å². The van der Waals surface area contributed by atoms with Crippen molar-refractivity contribution in [2.24, 2.45) is 0 Å². The Labute approximate surface area is 141 Å². The monoisotopic (exact) mass is 339 g/mol. The fraction of sp³-hybridized carbons (Fsp3) is 0.111. The van der Waals surface area contributed by atoms with E-state index in [9.17, 15) is 9.18 Å². The number of pyridine rings is 1. The lowest BCUT2D eigenvalue weighted by Crippen LogP contribution is -2.10. The topological polar surface area (TPSA) is 61.5 Å². The maximum Gasteiger partial charge on any atom is 0.262 e. The first-order chi connectivity index (χ1) is 11.7. The summed E-state index contributed by atoms with van der Waals surface area (Å²) in [6.45, 7) is 2.00. The molecule has 2 N–H and O–H groups in total. The zero-order valence-corrected chi connectivity index (χ0v) is 13.7. The summed E-state index contributed by atoms with van der Waals surface area (Å²) in [5.41, 5.74) is 3.12. The number of nitrogens with one attached hydrogen (secondary N) is 2. The Kier molecular flexibility index (Phi) is 3.61. The molecule has 0 aliphatic heterocycles. The van der Waals surface area contributed by atoms with Crippen LogP contribution in [0.4, 0.5) is 4.39 Å². The fourth-order valence-corrected chi connectivity index (χ4v) is 3.74. The second-order valence-electron chi connectivity index (χ2n) is 5.45. The quantitative estimate of drug-likeness (QED) is 0.546. The van der Waals surface area contributed by atoms with E-state index in [4.69, 9.17) is 0 Å². The molecular formula is C18H14FN3OS. The SMILES string of the molecule is CCSc1c(-c2ccc(F)cc2)c2cc3cn[nH]c3cc2[nH]c1=O. The van der Waals surface area contributed by atoms with Gasteiger partial charge < -0.3 is 4.98 Å². The van der Waals surface area contributed by atoms with Crippen LogP contribution >= 0.6 is 11.8 Å². The lowest BCUT2D eigenvalue weighted by Gasteiger charge is -2.12. The maximum atomic E-state index is 13.3. The normalized spacial score (nSPS) is 11.4. The molecule has 0 amide bonds. The molecular weight excluding hydrogens is 325 g/mol. The Morgan fingerprint density at radius 3 is 2.71 bits per heavy atom. The summed E-state index contributed by atoms with van der Waals surface area (Å²) in [5.74, 6) is 0.478. The predicted octanol–water partition coefficient (Wildman–Crippen LogP) is 4.32. The van der Waals surface area contributed by atoms with Crippen LogP contribution in [0.2, 0.25) is 0 Å². The minimum absolute atomic E-state index is 0.132. The maximum absolute atomic E-state index is 13.3. The van der Waals surface area contributed by atoms with Crippen molar-refractivity contribution in [1.29, 1.82) is 0 Å². The molecule has 0 radical (unpaired) electrons. The molecule has 0 atom stereocenters. The van der Waals surface area contributed by atoms with Gasteiger partial charge in [-0.15, -0.1) is 11.8 Å². The summed E-state index contributed by atoms with van der Waals surface area (Å²) in [6.07, 6.45) is 1.75. The van der Waals surface area contributed by atoms with Crippen LogP contribution in [0.15, 0.2) is 52.3 Å². The standard InChI is InChI=1S/C18H14FN3OS/c1-2-24-17-16(10-3-5-12(19)6-4-10)13-7-11-9-20-22-14(11)8-15(13)21-18(17)23/h3-9H,2H2,1H3,(H,20,22)(H,21,23). The van der Waals surface area contributed by atoms with Crippen molar-refractivity contribution in [3.8, 4) is 11.1 Å². The third-order valence-corrected chi connectivity index (χ3v) is 4.92. The van der Waals surface area contributed by atoms with Gasteiger partial charge in [-0.2, -0.15) is 5.10 Å². The van der Waals surface area contributed by atoms with Crippen LogP contribution in [-0.2, 0) is 0 Å². The molecule has 0 aliphatic carbocycles. The van der Waals surface area contributed by atoms with Gasteiger partial charge in [0.1, 0.15) is 5.82 Å². The van der Waals surface area contributed by atoms with E-state index in [2.05, 4.69) is 15.2 Å². The number of rotatable bonds is 3. The second kappa shape index (κ2) is 5.79. The first-order valence-corrected chi connectivity index (χ1v) is 8.58. The summed E-state index contributed by atoms with van der Waals surface area (Å²) in [5, 5.41) is 8.84. The number of fused-ring (bicyclic) bond motifs is 2. The molecule has 24 heavy (non-hydrogen) atoms. The molecule has 0 saturated carbocycles. The van der Waals surface area contributed by atoms with Gasteiger partial charge in [-0.1, -0.05) is 19.1 Å². The minimum Gasteiger partial charge on any atom is -0.321 e. The summed E-state index contributed by atoms with van der Waals surface area (Å²) in [7, 11) is 0. The van der Waals surface area contributed by atoms with E-state index in [-0.39, 0.29) is 11.4 Å². The van der Waals surface area contributed by atoms with Crippen molar-refractivity contribution in [3.05, 3.63) is 58.8 Å². The van der Waals surface area contributed by atoms with Gasteiger partial charge in [0.25, 0.3) is 5.56 Å². The van der Waals surface area contributed by atoms with Crippen molar-refractivity contribution < 1.29 is 4.39 Å². The fourth-order valence-electron chi connectivity index (χ4n) is 2.90. The smallest absolute Gasteiger partial charge is 0.262 e. The van der Waals surface area contributed by atoms with Crippen molar-refractivity contribution >= 4 is 33.6 Å². The molecule has 0 saturated heterocycles. The Balaban J connectivity index is 2.14. The van der Waals surface area contributed by atoms with Crippen LogP contribution in [0.5, 0.6) is 0 Å². The van der Waals surface area contributed by atoms with Gasteiger partial charge in [0.05, 0.1) is 22.1 Å². The third kappa shape index (κ3) is 2.39. The van der Waals surface area contributed by atoms with E-state index in [1.807, 2.05) is 19.1 Å². The van der Waals surface area contributed by atoms with E-state index < -0.39 is 0 Å². The molecule has 0 fully saturated rings. The highest BCUT2D eigenvalue weighted by atomic mass is 32.2. The molecule has 0 spiro atoms. The summed E-state index contributed by atoms with van der Waals surface area (Å²) in [4.78, 5) is 16.2. The summed E-state index contributed by atoms with van der Waals surface area (Å²) in [6, 6.07) is 10.1. The summed E-state index contributed by atoms with van der Waals surface area (Å²) < 4.78 is 13.3. The van der Waals surface area contributed by atoms with E-state index >= 15 is 0 Å². The Bertz CT molecular complexity index is 1100. The first kappa shape index (κ1) is 15.0. The molecule has 2 aromatic carbocycles. The highest BCUT2D eigenvalue weighted by molar-refractivity contribution is 7.99. The molecule has 0 aliphatic rings. The number of thioether (sulfide) groups is 1. The van der Waals surface area contributed by atoms with Gasteiger partial charge >= 0.3 is 0 Å². The Morgan fingerprint density at radius 1 is 1.17 bits per heavy atom. The van der Waals surface area contributed by atoms with Crippen molar-refractivity contribution in [1.82, 2.24) is 15.2 Å². The number of aromatic nitrogens is 3. The molecule has 2 aromatic heterocycles. The van der Waals surface area contributed by atoms with E-state index in [0.717, 1.165) is 38.7 Å². The summed E-state index contributed by atoms with van der Waals surface area (Å²) >= 11 is 1.49. The number of aromatic amines is 2.